The van der Waals surface area contributed by atoms with Gasteiger partial charge in [0.25, 0.3) is 0 Å². The van der Waals surface area contributed by atoms with Gasteiger partial charge in [0.2, 0.25) is 5.91 Å². The Kier molecular flexibility index (Phi) is 4.34. The van der Waals surface area contributed by atoms with Crippen molar-refractivity contribution >= 4 is 33.4 Å². The van der Waals surface area contributed by atoms with E-state index >= 15 is 0 Å². The van der Waals surface area contributed by atoms with Gasteiger partial charge in [0.1, 0.15) is 0 Å². The smallest absolute Gasteiger partial charge is 0.229 e. The highest BCUT2D eigenvalue weighted by molar-refractivity contribution is 9.10. The topological polar surface area (TPSA) is 87.7 Å². The molecule has 98 valence electrons. The van der Waals surface area contributed by atoms with E-state index in [1.165, 1.54) is 0 Å². The fraction of sp³-hybridized carbons (Fsp3) is 0.333. The molecule has 6 heteroatoms. The minimum atomic E-state index is -0.469. The quantitative estimate of drug-likeness (QED) is 0.339. The maximum atomic E-state index is 11.8. The fourth-order valence-corrected chi connectivity index (χ4v) is 1.62. The molecule has 1 amide bonds. The van der Waals surface area contributed by atoms with Crippen LogP contribution in [-0.4, -0.2) is 17.0 Å². The summed E-state index contributed by atoms with van der Waals surface area (Å²) in [5.41, 5.74) is 6.22. The molecule has 0 heterocycles. The number of rotatable bonds is 2. The van der Waals surface area contributed by atoms with E-state index in [4.69, 9.17) is 10.9 Å². The summed E-state index contributed by atoms with van der Waals surface area (Å²) in [5, 5.41) is 14.3. The second-order valence-corrected chi connectivity index (χ2v) is 5.74. The molecule has 1 rings (SSSR count). The monoisotopic (exact) mass is 313 g/mol. The maximum Gasteiger partial charge on any atom is 0.229 e. The van der Waals surface area contributed by atoms with Crippen molar-refractivity contribution in [1.29, 1.82) is 0 Å². The lowest BCUT2D eigenvalue weighted by molar-refractivity contribution is -0.123. The highest BCUT2D eigenvalue weighted by Crippen LogP contribution is 2.26. The molecule has 0 aromatic heterocycles. The Labute approximate surface area is 114 Å². The average molecular weight is 314 g/mol. The largest absolute Gasteiger partial charge is 0.409 e. The van der Waals surface area contributed by atoms with Gasteiger partial charge in [-0.25, -0.2) is 0 Å². The summed E-state index contributed by atoms with van der Waals surface area (Å²) in [5.74, 6) is -0.0656. The predicted molar refractivity (Wildman–Crippen MR) is 74.7 cm³/mol. The number of nitrogens with two attached hydrogens (primary N) is 1. The van der Waals surface area contributed by atoms with Gasteiger partial charge in [-0.2, -0.15) is 0 Å². The summed E-state index contributed by atoms with van der Waals surface area (Å²) in [6.45, 7) is 5.50. The van der Waals surface area contributed by atoms with Crippen molar-refractivity contribution in [2.24, 2.45) is 16.3 Å². The van der Waals surface area contributed by atoms with E-state index < -0.39 is 5.41 Å². The van der Waals surface area contributed by atoms with Crippen molar-refractivity contribution in [2.75, 3.05) is 5.32 Å². The average Bonchev–Trinajstić information content (AvgIpc) is 2.29. The number of benzene rings is 1. The van der Waals surface area contributed by atoms with Crippen molar-refractivity contribution < 1.29 is 10.0 Å². The molecular weight excluding hydrogens is 298 g/mol. The number of amides is 1. The molecule has 0 unspecified atom stereocenters. The summed E-state index contributed by atoms with van der Waals surface area (Å²) < 4.78 is 0.671. The molecule has 1 aromatic carbocycles. The summed E-state index contributed by atoms with van der Waals surface area (Å²) in [6.07, 6.45) is 0. The van der Waals surface area contributed by atoms with Crippen LogP contribution in [-0.2, 0) is 4.79 Å². The SMILES string of the molecule is CC(C)(C)C(=O)Nc1ccc(/C(N)=N/O)cc1Br. The molecule has 0 atom stereocenters. The van der Waals surface area contributed by atoms with Crippen LogP contribution in [0.3, 0.4) is 0 Å². The molecule has 4 N–H and O–H groups in total. The Morgan fingerprint density at radius 2 is 2.06 bits per heavy atom. The summed E-state index contributed by atoms with van der Waals surface area (Å²) in [4.78, 5) is 11.8. The van der Waals surface area contributed by atoms with E-state index in [0.717, 1.165) is 0 Å². The lowest BCUT2D eigenvalue weighted by Crippen LogP contribution is -2.27. The molecule has 5 nitrogen and oxygen atoms in total. The molecule has 0 radical (unpaired) electrons. The van der Waals surface area contributed by atoms with E-state index in [2.05, 4.69) is 26.4 Å². The van der Waals surface area contributed by atoms with Gasteiger partial charge in [0, 0.05) is 15.5 Å². The molecular formula is C12H16BrN3O2. The Balaban J connectivity index is 2.97. The minimum Gasteiger partial charge on any atom is -0.409 e. The molecule has 0 aliphatic heterocycles. The number of oxime groups is 1. The standard InChI is InChI=1S/C12H16BrN3O2/c1-12(2,3)11(17)15-9-5-4-7(6-8(9)13)10(14)16-18/h4-6,18H,1-3H3,(H2,14,16)(H,15,17). The Morgan fingerprint density at radius 3 is 2.50 bits per heavy atom. The first-order valence-electron chi connectivity index (χ1n) is 5.34. The fourth-order valence-electron chi connectivity index (χ4n) is 1.14. The van der Waals surface area contributed by atoms with Gasteiger partial charge >= 0.3 is 0 Å². The number of carbonyl (C=O) groups excluding carboxylic acids is 1. The van der Waals surface area contributed by atoms with Crippen LogP contribution in [0.15, 0.2) is 27.8 Å². The van der Waals surface area contributed by atoms with Crippen molar-refractivity contribution in [3.8, 4) is 0 Å². The highest BCUT2D eigenvalue weighted by atomic mass is 79.9. The summed E-state index contributed by atoms with van der Waals surface area (Å²) >= 11 is 3.33. The van der Waals surface area contributed by atoms with Crippen molar-refractivity contribution in [3.05, 3.63) is 28.2 Å². The van der Waals surface area contributed by atoms with E-state index in [1.54, 1.807) is 18.2 Å². The van der Waals surface area contributed by atoms with Crippen molar-refractivity contribution in [3.63, 3.8) is 0 Å². The highest BCUT2D eigenvalue weighted by Gasteiger charge is 2.21. The molecule has 0 fully saturated rings. The van der Waals surface area contributed by atoms with Crippen LogP contribution in [0.2, 0.25) is 0 Å². The van der Waals surface area contributed by atoms with Crippen LogP contribution in [0.1, 0.15) is 26.3 Å². The van der Waals surface area contributed by atoms with Gasteiger partial charge in [-0.15, -0.1) is 0 Å². The summed E-state index contributed by atoms with van der Waals surface area (Å²) in [7, 11) is 0. The minimum absolute atomic E-state index is 0.0180. The van der Waals surface area contributed by atoms with E-state index in [-0.39, 0.29) is 11.7 Å². The first-order valence-corrected chi connectivity index (χ1v) is 6.14. The van der Waals surface area contributed by atoms with Gasteiger partial charge in [0.15, 0.2) is 5.84 Å². The third-order valence-electron chi connectivity index (χ3n) is 2.30. The Bertz CT molecular complexity index is 493. The number of hydrogen-bond acceptors (Lipinski definition) is 3. The Hall–Kier alpha value is -1.56. The molecule has 0 saturated heterocycles. The number of halogens is 1. The van der Waals surface area contributed by atoms with Crippen LogP contribution in [0.5, 0.6) is 0 Å². The van der Waals surface area contributed by atoms with E-state index in [9.17, 15) is 4.79 Å². The van der Waals surface area contributed by atoms with Gasteiger partial charge in [-0.1, -0.05) is 25.9 Å². The lowest BCUT2D eigenvalue weighted by atomic mass is 9.95. The number of nitrogens with one attached hydrogen (secondary N) is 1. The first-order chi connectivity index (χ1) is 8.25. The molecule has 1 aromatic rings. The van der Waals surface area contributed by atoms with E-state index in [0.29, 0.717) is 15.7 Å². The third-order valence-corrected chi connectivity index (χ3v) is 2.96. The second kappa shape index (κ2) is 5.39. The van der Waals surface area contributed by atoms with Crippen LogP contribution in [0.4, 0.5) is 5.69 Å². The van der Waals surface area contributed by atoms with Gasteiger partial charge < -0.3 is 16.3 Å². The number of amidine groups is 1. The number of anilines is 1. The number of nitrogens with zero attached hydrogens (tertiary/aromatic N) is 1. The maximum absolute atomic E-state index is 11.8. The molecule has 18 heavy (non-hydrogen) atoms. The number of hydrogen-bond donors (Lipinski definition) is 3. The van der Waals surface area contributed by atoms with Crippen LogP contribution in [0.25, 0.3) is 0 Å². The second-order valence-electron chi connectivity index (χ2n) is 4.88. The predicted octanol–water partition coefficient (Wildman–Crippen LogP) is 2.53. The first kappa shape index (κ1) is 14.5. The molecule has 0 aliphatic carbocycles. The van der Waals surface area contributed by atoms with Gasteiger partial charge in [-0.05, 0) is 34.1 Å². The van der Waals surface area contributed by atoms with Crippen LogP contribution < -0.4 is 11.1 Å². The normalized spacial score (nSPS) is 12.3. The molecule has 0 bridgehead atoms. The zero-order valence-electron chi connectivity index (χ0n) is 10.5. The zero-order valence-corrected chi connectivity index (χ0v) is 12.1. The summed E-state index contributed by atoms with van der Waals surface area (Å²) in [6, 6.07) is 5.03. The van der Waals surface area contributed by atoms with Crippen LogP contribution in [0, 0.1) is 5.41 Å². The molecule has 0 saturated carbocycles. The lowest BCUT2D eigenvalue weighted by Gasteiger charge is -2.18. The molecule has 0 spiro atoms. The Morgan fingerprint density at radius 1 is 1.44 bits per heavy atom. The molecule has 0 aliphatic rings. The third kappa shape index (κ3) is 3.46. The van der Waals surface area contributed by atoms with Crippen LogP contribution >= 0.6 is 15.9 Å². The van der Waals surface area contributed by atoms with Gasteiger partial charge in [-0.3, -0.25) is 4.79 Å². The van der Waals surface area contributed by atoms with E-state index in [1.807, 2.05) is 20.8 Å². The zero-order chi connectivity index (χ0) is 13.9. The van der Waals surface area contributed by atoms with Crippen molar-refractivity contribution in [1.82, 2.24) is 0 Å². The van der Waals surface area contributed by atoms with Crippen molar-refractivity contribution in [2.45, 2.75) is 20.8 Å². The number of carbonyl (C=O) groups is 1. The van der Waals surface area contributed by atoms with Gasteiger partial charge in [0.05, 0.1) is 5.69 Å².